The van der Waals surface area contributed by atoms with Gasteiger partial charge in [0, 0.05) is 10.4 Å². The van der Waals surface area contributed by atoms with Crippen LogP contribution in [0.1, 0.15) is 40.7 Å². The Bertz CT molecular complexity index is 680. The summed E-state index contributed by atoms with van der Waals surface area (Å²) >= 11 is 3.72. The maximum atomic E-state index is 3.72. The number of hydrogen-bond donors (Lipinski definition) is 0. The number of hydrogen-bond acceptors (Lipinski definition) is 0. The van der Waals surface area contributed by atoms with Gasteiger partial charge in [-0.25, -0.2) is 0 Å². The molecule has 1 heteroatoms. The lowest BCUT2D eigenvalue weighted by Gasteiger charge is -2.17. The van der Waals surface area contributed by atoms with E-state index in [0.717, 1.165) is 0 Å². The summed E-state index contributed by atoms with van der Waals surface area (Å²) in [6, 6.07) is 13.1. The zero-order valence-corrected chi connectivity index (χ0v) is 13.1. The highest BCUT2D eigenvalue weighted by molar-refractivity contribution is 9.10. The Morgan fingerprint density at radius 1 is 0.947 bits per heavy atom. The predicted molar refractivity (Wildman–Crippen MR) is 85.6 cm³/mol. The summed E-state index contributed by atoms with van der Waals surface area (Å²) in [5.41, 5.74) is 8.35. The highest BCUT2D eigenvalue weighted by atomic mass is 79.9. The van der Waals surface area contributed by atoms with Gasteiger partial charge in [0.1, 0.15) is 0 Å². The van der Waals surface area contributed by atoms with Crippen LogP contribution >= 0.6 is 15.9 Å². The first-order valence-corrected chi connectivity index (χ1v) is 7.42. The second-order valence-corrected chi connectivity index (χ2v) is 6.17. The fourth-order valence-electron chi connectivity index (χ4n) is 2.98. The van der Waals surface area contributed by atoms with Crippen molar-refractivity contribution in [3.63, 3.8) is 0 Å². The standard InChI is InChI=1S/C18H17Br/c1-11-6-4-8-15(13(11)3)16-10-12(2)14-7-5-9-17(19)18(14)16/h4-10,16H,1-3H3. The van der Waals surface area contributed by atoms with E-state index in [-0.39, 0.29) is 0 Å². The first-order chi connectivity index (χ1) is 9.09. The molecule has 0 spiro atoms. The molecule has 0 saturated heterocycles. The molecular weight excluding hydrogens is 296 g/mol. The SMILES string of the molecule is CC1=CC(c2cccc(C)c2C)c2c(Br)cccc21. The number of benzene rings is 2. The molecule has 0 radical (unpaired) electrons. The summed E-state index contributed by atoms with van der Waals surface area (Å²) < 4.78 is 1.21. The van der Waals surface area contributed by atoms with Crippen LogP contribution in [0.15, 0.2) is 46.9 Å². The van der Waals surface area contributed by atoms with Crippen molar-refractivity contribution in [1.82, 2.24) is 0 Å². The van der Waals surface area contributed by atoms with E-state index in [9.17, 15) is 0 Å². The van der Waals surface area contributed by atoms with E-state index in [1.54, 1.807) is 0 Å². The fraction of sp³-hybridized carbons (Fsp3) is 0.222. The van der Waals surface area contributed by atoms with Crippen molar-refractivity contribution in [2.24, 2.45) is 0 Å². The molecule has 0 aliphatic heterocycles. The third-order valence-electron chi connectivity index (χ3n) is 4.19. The average molecular weight is 313 g/mol. The molecule has 96 valence electrons. The zero-order chi connectivity index (χ0) is 13.6. The number of aryl methyl sites for hydroxylation is 1. The molecule has 0 nitrogen and oxygen atoms in total. The van der Waals surface area contributed by atoms with Gasteiger partial charge in [-0.05, 0) is 60.2 Å². The summed E-state index contributed by atoms with van der Waals surface area (Å²) in [5, 5.41) is 0. The molecule has 0 amide bonds. The molecule has 1 aliphatic rings. The zero-order valence-electron chi connectivity index (χ0n) is 11.5. The van der Waals surface area contributed by atoms with Gasteiger partial charge in [-0.3, -0.25) is 0 Å². The third kappa shape index (κ3) is 1.97. The number of halogens is 1. The Hall–Kier alpha value is -1.34. The van der Waals surface area contributed by atoms with Gasteiger partial charge in [-0.2, -0.15) is 0 Å². The number of allylic oxidation sites excluding steroid dienone is 2. The Morgan fingerprint density at radius 2 is 1.68 bits per heavy atom. The van der Waals surface area contributed by atoms with Crippen LogP contribution in [0, 0.1) is 13.8 Å². The van der Waals surface area contributed by atoms with E-state index >= 15 is 0 Å². The van der Waals surface area contributed by atoms with Crippen molar-refractivity contribution in [3.8, 4) is 0 Å². The van der Waals surface area contributed by atoms with Crippen molar-refractivity contribution in [2.45, 2.75) is 26.7 Å². The van der Waals surface area contributed by atoms with Crippen molar-refractivity contribution >= 4 is 21.5 Å². The molecule has 19 heavy (non-hydrogen) atoms. The van der Waals surface area contributed by atoms with Gasteiger partial charge in [-0.1, -0.05) is 52.3 Å². The molecule has 0 bridgehead atoms. The van der Waals surface area contributed by atoms with Crippen LogP contribution in [-0.4, -0.2) is 0 Å². The minimum Gasteiger partial charge on any atom is -0.0690 e. The van der Waals surface area contributed by atoms with Crippen LogP contribution in [-0.2, 0) is 0 Å². The molecule has 0 saturated carbocycles. The third-order valence-corrected chi connectivity index (χ3v) is 4.88. The summed E-state index contributed by atoms with van der Waals surface area (Å²) in [7, 11) is 0. The van der Waals surface area contributed by atoms with Crippen molar-refractivity contribution in [1.29, 1.82) is 0 Å². The van der Waals surface area contributed by atoms with Crippen molar-refractivity contribution in [2.75, 3.05) is 0 Å². The number of fused-ring (bicyclic) bond motifs is 1. The molecular formula is C18H17Br. The quantitative estimate of drug-likeness (QED) is 0.641. The van der Waals surface area contributed by atoms with Crippen LogP contribution in [0.25, 0.3) is 5.57 Å². The molecule has 0 fully saturated rings. The molecule has 0 heterocycles. The molecule has 1 unspecified atom stereocenters. The van der Waals surface area contributed by atoms with Gasteiger partial charge >= 0.3 is 0 Å². The molecule has 0 N–H and O–H groups in total. The fourth-order valence-corrected chi connectivity index (χ4v) is 3.59. The predicted octanol–water partition coefficient (Wildman–Crippen LogP) is 5.61. The highest BCUT2D eigenvalue weighted by Gasteiger charge is 2.25. The highest BCUT2D eigenvalue weighted by Crippen LogP contribution is 2.44. The van der Waals surface area contributed by atoms with Gasteiger partial charge in [-0.15, -0.1) is 0 Å². The van der Waals surface area contributed by atoms with Gasteiger partial charge in [0.05, 0.1) is 0 Å². The summed E-state index contributed by atoms with van der Waals surface area (Å²) in [4.78, 5) is 0. The molecule has 3 rings (SSSR count). The Balaban J connectivity index is 2.22. The van der Waals surface area contributed by atoms with Crippen LogP contribution in [0.5, 0.6) is 0 Å². The lowest BCUT2D eigenvalue weighted by molar-refractivity contribution is 1.01. The molecule has 0 aromatic heterocycles. The molecule has 1 aliphatic carbocycles. The summed E-state index contributed by atoms with van der Waals surface area (Å²) in [5.74, 6) is 0.380. The van der Waals surface area contributed by atoms with Gasteiger partial charge in [0.25, 0.3) is 0 Å². The van der Waals surface area contributed by atoms with Crippen LogP contribution in [0.4, 0.5) is 0 Å². The maximum absolute atomic E-state index is 3.72. The lowest BCUT2D eigenvalue weighted by Crippen LogP contribution is -2.00. The van der Waals surface area contributed by atoms with Crippen LogP contribution < -0.4 is 0 Å². The van der Waals surface area contributed by atoms with E-state index in [1.807, 2.05) is 0 Å². The second kappa shape index (κ2) is 4.64. The largest absolute Gasteiger partial charge is 0.0690 e. The molecule has 2 aromatic carbocycles. The van der Waals surface area contributed by atoms with Gasteiger partial charge < -0.3 is 0 Å². The second-order valence-electron chi connectivity index (χ2n) is 5.32. The normalized spacial score (nSPS) is 17.3. The first-order valence-electron chi connectivity index (χ1n) is 6.63. The van der Waals surface area contributed by atoms with Crippen molar-refractivity contribution in [3.05, 3.63) is 74.8 Å². The monoisotopic (exact) mass is 312 g/mol. The maximum Gasteiger partial charge on any atom is 0.0295 e. The average Bonchev–Trinajstić information content (AvgIpc) is 2.72. The topological polar surface area (TPSA) is 0 Å². The van der Waals surface area contributed by atoms with Gasteiger partial charge in [0.2, 0.25) is 0 Å². The molecule has 2 aromatic rings. The molecule has 1 atom stereocenters. The van der Waals surface area contributed by atoms with E-state index < -0.39 is 0 Å². The van der Waals surface area contributed by atoms with E-state index in [0.29, 0.717) is 5.92 Å². The Labute approximate surface area is 123 Å². The van der Waals surface area contributed by atoms with Crippen LogP contribution in [0.2, 0.25) is 0 Å². The summed E-state index contributed by atoms with van der Waals surface area (Å²) in [6.07, 6.45) is 2.39. The van der Waals surface area contributed by atoms with E-state index in [4.69, 9.17) is 0 Å². The Morgan fingerprint density at radius 3 is 2.47 bits per heavy atom. The minimum absolute atomic E-state index is 0.380. The van der Waals surface area contributed by atoms with Crippen LogP contribution in [0.3, 0.4) is 0 Å². The smallest absolute Gasteiger partial charge is 0.0295 e. The minimum atomic E-state index is 0.380. The van der Waals surface area contributed by atoms with Gasteiger partial charge in [0.15, 0.2) is 0 Å². The van der Waals surface area contributed by atoms with E-state index in [2.05, 4.69) is 79.2 Å². The Kier molecular flexibility index (Phi) is 3.10. The van der Waals surface area contributed by atoms with E-state index in [1.165, 1.54) is 37.9 Å². The summed E-state index contributed by atoms with van der Waals surface area (Å²) in [6.45, 7) is 6.62. The lowest BCUT2D eigenvalue weighted by atomic mass is 9.88. The first kappa shape index (κ1) is 12.7. The van der Waals surface area contributed by atoms with Crippen molar-refractivity contribution < 1.29 is 0 Å². The number of rotatable bonds is 1.